The van der Waals surface area contributed by atoms with Crippen LogP contribution in [0.2, 0.25) is 0 Å². The Morgan fingerprint density at radius 2 is 1.84 bits per heavy atom. The average Bonchev–Trinajstić information content (AvgIpc) is 2.55. The number of sulfonamides is 1. The van der Waals surface area contributed by atoms with Gasteiger partial charge in [0.15, 0.2) is 0 Å². The molecule has 0 atom stereocenters. The number of hydrogen-bond acceptors (Lipinski definition) is 4. The van der Waals surface area contributed by atoms with Crippen molar-refractivity contribution in [1.82, 2.24) is 0 Å². The van der Waals surface area contributed by atoms with Crippen LogP contribution in [0.3, 0.4) is 0 Å². The molecule has 0 radical (unpaired) electrons. The Kier molecular flexibility index (Phi) is 4.75. The Morgan fingerprint density at radius 3 is 2.48 bits per heavy atom. The molecule has 1 N–H and O–H groups in total. The van der Waals surface area contributed by atoms with E-state index in [1.807, 2.05) is 25.1 Å². The molecular weight excluding hydrogens is 336 g/mol. The Hall–Kier alpha value is -2.05. The van der Waals surface area contributed by atoms with Gasteiger partial charge in [-0.15, -0.1) is 0 Å². The van der Waals surface area contributed by atoms with E-state index in [0.29, 0.717) is 18.9 Å². The molecule has 0 amide bonds. The summed E-state index contributed by atoms with van der Waals surface area (Å²) in [6.45, 7) is 8.35. The fourth-order valence-corrected chi connectivity index (χ4v) is 4.21. The van der Waals surface area contributed by atoms with Crippen molar-refractivity contribution in [3.8, 4) is 0 Å². The van der Waals surface area contributed by atoms with Gasteiger partial charge >= 0.3 is 0 Å². The number of nitrogens with one attached hydrogen (secondary N) is 1. The second-order valence-electron chi connectivity index (χ2n) is 6.99. The molecule has 1 aliphatic rings. The largest absolute Gasteiger partial charge is 0.377 e. The third kappa shape index (κ3) is 3.96. The van der Waals surface area contributed by atoms with Crippen molar-refractivity contribution in [3.63, 3.8) is 0 Å². The number of aryl methyl sites for hydroxylation is 1. The van der Waals surface area contributed by atoms with Crippen LogP contribution in [-0.2, 0) is 14.8 Å². The van der Waals surface area contributed by atoms with Gasteiger partial charge in [0.25, 0.3) is 10.0 Å². The summed E-state index contributed by atoms with van der Waals surface area (Å²) in [5, 5.41) is 0. The van der Waals surface area contributed by atoms with Gasteiger partial charge in [0.2, 0.25) is 0 Å². The van der Waals surface area contributed by atoms with E-state index in [1.165, 1.54) is 0 Å². The molecule has 0 spiro atoms. The van der Waals surface area contributed by atoms with Crippen molar-refractivity contribution in [2.45, 2.75) is 31.2 Å². The van der Waals surface area contributed by atoms with Crippen LogP contribution in [0.4, 0.5) is 11.4 Å². The van der Waals surface area contributed by atoms with Gasteiger partial charge in [0.05, 0.1) is 23.6 Å². The number of benzene rings is 2. The zero-order valence-electron chi connectivity index (χ0n) is 14.8. The van der Waals surface area contributed by atoms with Crippen LogP contribution in [-0.4, -0.2) is 33.7 Å². The molecule has 0 unspecified atom stereocenters. The van der Waals surface area contributed by atoms with Crippen molar-refractivity contribution in [3.05, 3.63) is 54.1 Å². The minimum atomic E-state index is -3.58. The second-order valence-corrected chi connectivity index (χ2v) is 8.67. The van der Waals surface area contributed by atoms with Crippen LogP contribution in [0.15, 0.2) is 53.4 Å². The lowest BCUT2D eigenvalue weighted by molar-refractivity contribution is 0.0644. The predicted molar refractivity (Wildman–Crippen MR) is 101 cm³/mol. The number of hydrogen-bond donors (Lipinski definition) is 1. The molecule has 1 aliphatic heterocycles. The molecule has 2 aromatic rings. The van der Waals surface area contributed by atoms with Gasteiger partial charge in [-0.3, -0.25) is 4.72 Å². The van der Waals surface area contributed by atoms with E-state index in [9.17, 15) is 8.42 Å². The van der Waals surface area contributed by atoms with Gasteiger partial charge in [-0.05, 0) is 62.7 Å². The van der Waals surface area contributed by atoms with Crippen LogP contribution in [0.1, 0.15) is 19.4 Å². The number of morpholine rings is 1. The Bertz CT molecular complexity index is 845. The van der Waals surface area contributed by atoms with Gasteiger partial charge < -0.3 is 9.64 Å². The number of nitrogens with zero attached hydrogens (tertiary/aromatic N) is 1. The smallest absolute Gasteiger partial charge is 0.261 e. The molecule has 3 rings (SSSR count). The van der Waals surface area contributed by atoms with Crippen LogP contribution < -0.4 is 9.62 Å². The molecule has 0 saturated carbocycles. The van der Waals surface area contributed by atoms with E-state index in [-0.39, 0.29) is 10.4 Å². The summed E-state index contributed by atoms with van der Waals surface area (Å²) in [6.07, 6.45) is 0. The van der Waals surface area contributed by atoms with Crippen molar-refractivity contribution in [1.29, 1.82) is 0 Å². The summed E-state index contributed by atoms with van der Waals surface area (Å²) in [7, 11) is -3.58. The summed E-state index contributed by atoms with van der Waals surface area (Å²) >= 11 is 0. The summed E-state index contributed by atoms with van der Waals surface area (Å²) in [5.41, 5.74) is 2.44. The van der Waals surface area contributed by atoms with Gasteiger partial charge in [0, 0.05) is 17.9 Å². The minimum Gasteiger partial charge on any atom is -0.377 e. The van der Waals surface area contributed by atoms with Gasteiger partial charge in [0.1, 0.15) is 0 Å². The molecule has 0 bridgehead atoms. The minimum absolute atomic E-state index is 0.0825. The highest BCUT2D eigenvalue weighted by Gasteiger charge is 2.30. The standard InChI is InChI=1S/C19H24N2O3S/c1-15-5-4-6-18(13-15)25(22,23)20-16-7-9-17(10-8-16)21-11-12-24-14-19(21,2)3/h4-10,13,20H,11-12,14H2,1-3H3. The molecule has 25 heavy (non-hydrogen) atoms. The Balaban J connectivity index is 1.79. The van der Waals surface area contributed by atoms with E-state index in [0.717, 1.165) is 17.8 Å². The number of ether oxygens (including phenoxy) is 1. The van der Waals surface area contributed by atoms with Crippen molar-refractivity contribution in [2.24, 2.45) is 0 Å². The fourth-order valence-electron chi connectivity index (χ4n) is 3.04. The third-order valence-corrected chi connectivity index (χ3v) is 5.76. The quantitative estimate of drug-likeness (QED) is 0.908. The van der Waals surface area contributed by atoms with Crippen LogP contribution in [0, 0.1) is 6.92 Å². The lowest BCUT2D eigenvalue weighted by Crippen LogP contribution is -2.53. The number of anilines is 2. The lowest BCUT2D eigenvalue weighted by atomic mass is 10.0. The van der Waals surface area contributed by atoms with Gasteiger partial charge in [-0.2, -0.15) is 0 Å². The van der Waals surface area contributed by atoms with Crippen LogP contribution >= 0.6 is 0 Å². The average molecular weight is 360 g/mol. The molecule has 1 saturated heterocycles. The third-order valence-electron chi connectivity index (χ3n) is 4.38. The maximum absolute atomic E-state index is 12.5. The molecule has 6 heteroatoms. The monoisotopic (exact) mass is 360 g/mol. The first-order valence-electron chi connectivity index (χ1n) is 8.33. The summed E-state index contributed by atoms with van der Waals surface area (Å²) < 4.78 is 33.2. The first-order chi connectivity index (χ1) is 11.8. The lowest BCUT2D eigenvalue weighted by Gasteiger charge is -2.43. The van der Waals surface area contributed by atoms with E-state index >= 15 is 0 Å². The molecule has 2 aromatic carbocycles. The molecule has 134 valence electrons. The Labute approximate surface area is 149 Å². The molecule has 1 fully saturated rings. The van der Waals surface area contributed by atoms with Crippen LogP contribution in [0.25, 0.3) is 0 Å². The topological polar surface area (TPSA) is 58.6 Å². The zero-order valence-corrected chi connectivity index (χ0v) is 15.6. The van der Waals surface area contributed by atoms with Crippen molar-refractivity contribution >= 4 is 21.4 Å². The highest BCUT2D eigenvalue weighted by Crippen LogP contribution is 2.28. The molecular formula is C19H24N2O3S. The van der Waals surface area contributed by atoms with E-state index in [2.05, 4.69) is 23.5 Å². The van der Waals surface area contributed by atoms with Crippen molar-refractivity contribution < 1.29 is 13.2 Å². The maximum Gasteiger partial charge on any atom is 0.261 e. The molecule has 0 aromatic heterocycles. The van der Waals surface area contributed by atoms with Gasteiger partial charge in [-0.1, -0.05) is 12.1 Å². The predicted octanol–water partition coefficient (Wildman–Crippen LogP) is 3.41. The van der Waals surface area contributed by atoms with Crippen molar-refractivity contribution in [2.75, 3.05) is 29.4 Å². The number of rotatable bonds is 4. The first-order valence-corrected chi connectivity index (χ1v) is 9.81. The highest BCUT2D eigenvalue weighted by atomic mass is 32.2. The summed E-state index contributed by atoms with van der Waals surface area (Å²) in [5.74, 6) is 0. The SMILES string of the molecule is Cc1cccc(S(=O)(=O)Nc2ccc(N3CCOCC3(C)C)cc2)c1. The second kappa shape index (κ2) is 6.69. The summed E-state index contributed by atoms with van der Waals surface area (Å²) in [4.78, 5) is 2.56. The van der Waals surface area contributed by atoms with E-state index in [4.69, 9.17) is 4.74 Å². The normalized spacial score (nSPS) is 17.3. The molecule has 0 aliphatic carbocycles. The molecule has 5 nitrogen and oxygen atoms in total. The zero-order chi connectivity index (χ0) is 18.1. The van der Waals surface area contributed by atoms with E-state index < -0.39 is 10.0 Å². The Morgan fingerprint density at radius 1 is 1.12 bits per heavy atom. The van der Waals surface area contributed by atoms with Gasteiger partial charge in [-0.25, -0.2) is 8.42 Å². The van der Waals surface area contributed by atoms with E-state index in [1.54, 1.807) is 30.3 Å². The maximum atomic E-state index is 12.5. The highest BCUT2D eigenvalue weighted by molar-refractivity contribution is 7.92. The summed E-state index contributed by atoms with van der Waals surface area (Å²) in [6, 6.07) is 14.4. The molecule has 1 heterocycles. The van der Waals surface area contributed by atoms with Crippen LogP contribution in [0.5, 0.6) is 0 Å². The fraction of sp³-hybridized carbons (Fsp3) is 0.368. The first kappa shape index (κ1) is 17.8.